The van der Waals surface area contributed by atoms with Gasteiger partial charge in [0.15, 0.2) is 0 Å². The van der Waals surface area contributed by atoms with Crippen molar-refractivity contribution in [2.24, 2.45) is 5.92 Å². The lowest BCUT2D eigenvalue weighted by atomic mass is 10.2. The first kappa shape index (κ1) is 10.9. The van der Waals surface area contributed by atoms with Gasteiger partial charge in [0.1, 0.15) is 0 Å². The molecule has 5 heteroatoms. The first-order valence-electron chi connectivity index (χ1n) is 5.51. The molecule has 2 fully saturated rings. The van der Waals surface area contributed by atoms with E-state index in [0.717, 1.165) is 12.8 Å². The second-order valence-electron chi connectivity index (χ2n) is 4.39. The molecule has 0 amide bonds. The predicted octanol–water partition coefficient (Wildman–Crippen LogP) is 1.10. The SMILES string of the molecule is N#CCCCS(=O)(=O)N1CCCC2CC21. The fourth-order valence-electron chi connectivity index (χ4n) is 2.37. The largest absolute Gasteiger partial charge is 0.214 e. The van der Waals surface area contributed by atoms with Gasteiger partial charge in [-0.3, -0.25) is 0 Å². The first-order chi connectivity index (χ1) is 7.15. The molecule has 1 saturated carbocycles. The molecule has 0 N–H and O–H groups in total. The van der Waals surface area contributed by atoms with Crippen LogP contribution in [-0.4, -0.2) is 31.1 Å². The Morgan fingerprint density at radius 1 is 1.47 bits per heavy atom. The normalized spacial score (nSPS) is 30.6. The molecule has 1 aliphatic carbocycles. The number of nitrogens with zero attached hydrogens (tertiary/aromatic N) is 2. The second-order valence-corrected chi connectivity index (χ2v) is 6.43. The minimum atomic E-state index is -3.08. The van der Waals surface area contributed by atoms with Crippen molar-refractivity contribution in [1.82, 2.24) is 4.31 Å². The number of unbranched alkanes of at least 4 members (excludes halogenated alkanes) is 1. The van der Waals surface area contributed by atoms with Crippen LogP contribution in [-0.2, 0) is 10.0 Å². The Hall–Kier alpha value is -0.600. The number of piperidine rings is 1. The fourth-order valence-corrected chi connectivity index (χ4v) is 4.19. The molecule has 2 unspecified atom stereocenters. The zero-order valence-electron chi connectivity index (χ0n) is 8.72. The molecule has 2 aliphatic rings. The van der Waals surface area contributed by atoms with Gasteiger partial charge in [0.25, 0.3) is 0 Å². The molecule has 0 spiro atoms. The highest BCUT2D eigenvalue weighted by atomic mass is 32.2. The van der Waals surface area contributed by atoms with Crippen molar-refractivity contribution < 1.29 is 8.42 Å². The molecule has 15 heavy (non-hydrogen) atoms. The van der Waals surface area contributed by atoms with E-state index in [2.05, 4.69) is 0 Å². The fraction of sp³-hybridized carbons (Fsp3) is 0.900. The van der Waals surface area contributed by atoms with Gasteiger partial charge in [-0.1, -0.05) is 0 Å². The average molecular weight is 228 g/mol. The second kappa shape index (κ2) is 4.11. The van der Waals surface area contributed by atoms with E-state index in [-0.39, 0.29) is 5.75 Å². The molecule has 4 nitrogen and oxygen atoms in total. The maximum absolute atomic E-state index is 11.9. The van der Waals surface area contributed by atoms with Crippen LogP contribution in [0.25, 0.3) is 0 Å². The van der Waals surface area contributed by atoms with E-state index in [1.165, 1.54) is 6.42 Å². The lowest BCUT2D eigenvalue weighted by Crippen LogP contribution is -2.38. The summed E-state index contributed by atoms with van der Waals surface area (Å²) in [5.41, 5.74) is 0. The standard InChI is InChI=1S/C10H16N2O2S/c11-5-1-2-7-15(13,14)12-6-3-4-9-8-10(9)12/h9-10H,1-4,6-8H2. The van der Waals surface area contributed by atoms with Crippen molar-refractivity contribution in [2.75, 3.05) is 12.3 Å². The van der Waals surface area contributed by atoms with Gasteiger partial charge < -0.3 is 0 Å². The molecule has 0 radical (unpaired) electrons. The molecule has 0 aromatic carbocycles. The van der Waals surface area contributed by atoms with Crippen molar-refractivity contribution in [3.63, 3.8) is 0 Å². The molecule has 0 aromatic heterocycles. The molecule has 2 atom stereocenters. The minimum Gasteiger partial charge on any atom is -0.212 e. The average Bonchev–Trinajstić information content (AvgIpc) is 2.95. The third-order valence-corrected chi connectivity index (χ3v) is 5.23. The highest BCUT2D eigenvalue weighted by Crippen LogP contribution is 2.44. The zero-order valence-corrected chi connectivity index (χ0v) is 9.54. The summed E-state index contributed by atoms with van der Waals surface area (Å²) in [6, 6.07) is 2.28. The van der Waals surface area contributed by atoms with Crippen LogP contribution in [0.5, 0.6) is 0 Å². The number of fused-ring (bicyclic) bond motifs is 1. The molecule has 0 aromatic rings. The maximum atomic E-state index is 11.9. The van der Waals surface area contributed by atoms with Crippen molar-refractivity contribution in [2.45, 2.75) is 38.1 Å². The Kier molecular flexibility index (Phi) is 2.98. The molecule has 0 bridgehead atoms. The van der Waals surface area contributed by atoms with Gasteiger partial charge in [-0.2, -0.15) is 9.57 Å². The third kappa shape index (κ3) is 2.32. The summed E-state index contributed by atoms with van der Waals surface area (Å²) >= 11 is 0. The van der Waals surface area contributed by atoms with Gasteiger partial charge in [0.2, 0.25) is 10.0 Å². The summed E-state index contributed by atoms with van der Waals surface area (Å²) < 4.78 is 25.5. The van der Waals surface area contributed by atoms with Gasteiger partial charge >= 0.3 is 0 Å². The monoisotopic (exact) mass is 228 g/mol. The van der Waals surface area contributed by atoms with Gasteiger partial charge in [-0.25, -0.2) is 8.42 Å². The summed E-state index contributed by atoms with van der Waals surface area (Å²) in [5, 5.41) is 8.38. The summed E-state index contributed by atoms with van der Waals surface area (Å²) in [6.45, 7) is 0.691. The van der Waals surface area contributed by atoms with Crippen LogP contribution in [0.4, 0.5) is 0 Å². The Balaban J connectivity index is 1.93. The molecule has 84 valence electrons. The van der Waals surface area contributed by atoms with Gasteiger partial charge in [0, 0.05) is 19.0 Å². The summed E-state index contributed by atoms with van der Waals surface area (Å²) in [7, 11) is -3.08. The third-order valence-electron chi connectivity index (χ3n) is 3.26. The molecule has 2 rings (SSSR count). The van der Waals surface area contributed by atoms with Crippen molar-refractivity contribution in [3.8, 4) is 6.07 Å². The van der Waals surface area contributed by atoms with Crippen LogP contribution in [0.15, 0.2) is 0 Å². The van der Waals surface area contributed by atoms with E-state index in [4.69, 9.17) is 5.26 Å². The quantitative estimate of drug-likeness (QED) is 0.677. The highest BCUT2D eigenvalue weighted by Gasteiger charge is 2.48. The van der Waals surface area contributed by atoms with E-state index in [1.54, 1.807) is 4.31 Å². The Bertz CT molecular complexity index is 371. The van der Waals surface area contributed by atoms with Gasteiger partial charge in [0.05, 0.1) is 11.8 Å². The summed E-state index contributed by atoms with van der Waals surface area (Å²) in [5.74, 6) is 0.772. The van der Waals surface area contributed by atoms with Crippen LogP contribution in [0.1, 0.15) is 32.1 Å². The van der Waals surface area contributed by atoms with Crippen LogP contribution < -0.4 is 0 Å². The van der Waals surface area contributed by atoms with E-state index in [0.29, 0.717) is 31.3 Å². The Morgan fingerprint density at radius 2 is 2.27 bits per heavy atom. The van der Waals surface area contributed by atoms with Crippen LogP contribution in [0.2, 0.25) is 0 Å². The topological polar surface area (TPSA) is 61.2 Å². The lowest BCUT2D eigenvalue weighted by molar-refractivity contribution is 0.334. The van der Waals surface area contributed by atoms with Crippen LogP contribution in [0, 0.1) is 17.2 Å². The van der Waals surface area contributed by atoms with Crippen LogP contribution >= 0.6 is 0 Å². The minimum absolute atomic E-state index is 0.143. The number of hydrogen-bond donors (Lipinski definition) is 0. The smallest absolute Gasteiger partial charge is 0.212 e. The number of rotatable bonds is 4. The summed E-state index contributed by atoms with van der Waals surface area (Å²) in [4.78, 5) is 0. The van der Waals surface area contributed by atoms with Gasteiger partial charge in [-0.15, -0.1) is 0 Å². The summed E-state index contributed by atoms with van der Waals surface area (Å²) in [6.07, 6.45) is 4.04. The van der Waals surface area contributed by atoms with Crippen molar-refractivity contribution >= 4 is 10.0 Å². The van der Waals surface area contributed by atoms with Crippen LogP contribution in [0.3, 0.4) is 0 Å². The first-order valence-corrected chi connectivity index (χ1v) is 7.12. The van der Waals surface area contributed by atoms with Crippen molar-refractivity contribution in [1.29, 1.82) is 5.26 Å². The molecular weight excluding hydrogens is 212 g/mol. The molecule has 1 saturated heterocycles. The number of hydrogen-bond acceptors (Lipinski definition) is 3. The molecule has 1 aliphatic heterocycles. The highest BCUT2D eigenvalue weighted by molar-refractivity contribution is 7.89. The Morgan fingerprint density at radius 3 is 3.00 bits per heavy atom. The molecular formula is C10H16N2O2S. The van der Waals surface area contributed by atoms with E-state index in [9.17, 15) is 8.42 Å². The number of nitriles is 1. The van der Waals surface area contributed by atoms with E-state index in [1.807, 2.05) is 6.07 Å². The lowest BCUT2D eigenvalue weighted by Gasteiger charge is -2.25. The Labute approximate surface area is 90.9 Å². The predicted molar refractivity (Wildman–Crippen MR) is 56.5 cm³/mol. The zero-order chi connectivity index (χ0) is 10.9. The maximum Gasteiger partial charge on any atom is 0.214 e. The number of sulfonamides is 1. The molecule has 1 heterocycles. The van der Waals surface area contributed by atoms with Gasteiger partial charge in [-0.05, 0) is 31.6 Å². The van der Waals surface area contributed by atoms with Crippen molar-refractivity contribution in [3.05, 3.63) is 0 Å². The van der Waals surface area contributed by atoms with E-state index < -0.39 is 10.0 Å². The van der Waals surface area contributed by atoms with E-state index >= 15 is 0 Å².